The van der Waals surface area contributed by atoms with Crippen LogP contribution in [0.5, 0.6) is 0 Å². The van der Waals surface area contributed by atoms with Gasteiger partial charge >= 0.3 is 0 Å². The van der Waals surface area contributed by atoms with Crippen molar-refractivity contribution < 1.29 is 9.53 Å². The number of imidazole rings is 1. The molecule has 2 fully saturated rings. The van der Waals surface area contributed by atoms with Crippen molar-refractivity contribution in [3.63, 3.8) is 0 Å². The fourth-order valence-corrected chi connectivity index (χ4v) is 4.42. The maximum absolute atomic E-state index is 12.2. The quantitative estimate of drug-likeness (QED) is 0.758. The molecular formula is C19H32N4O2. The standard InChI is InChI=1S/C19H32N4O2/c1-3-9-22-11-8-20-17(22)14-21-10-4-6-19(15-21)7-5-18(24)23(16-19)12-13-25-2/h8,11H,3-7,9-10,12-16H2,1-2H3/t19-/m0/s1. The summed E-state index contributed by atoms with van der Waals surface area (Å²) in [5.41, 5.74) is 0.252. The fourth-order valence-electron chi connectivity index (χ4n) is 4.42. The molecule has 6 heteroatoms. The van der Waals surface area contributed by atoms with E-state index in [9.17, 15) is 4.79 Å². The lowest BCUT2D eigenvalue weighted by Gasteiger charge is -2.48. The molecule has 2 saturated heterocycles. The molecular weight excluding hydrogens is 316 g/mol. The number of hydrogen-bond donors (Lipinski definition) is 0. The van der Waals surface area contributed by atoms with Gasteiger partial charge in [0.15, 0.2) is 0 Å². The predicted molar refractivity (Wildman–Crippen MR) is 97.2 cm³/mol. The third-order valence-corrected chi connectivity index (χ3v) is 5.69. The number of piperidine rings is 2. The number of aryl methyl sites for hydroxylation is 1. The summed E-state index contributed by atoms with van der Waals surface area (Å²) in [6, 6.07) is 0. The molecule has 1 spiro atoms. The Morgan fingerprint density at radius 1 is 1.28 bits per heavy atom. The second-order valence-electron chi connectivity index (χ2n) is 7.66. The highest BCUT2D eigenvalue weighted by Gasteiger charge is 2.41. The smallest absolute Gasteiger partial charge is 0.222 e. The first kappa shape index (κ1) is 18.4. The number of carbonyl (C=O) groups is 1. The van der Waals surface area contributed by atoms with Gasteiger partial charge in [-0.2, -0.15) is 0 Å². The molecule has 1 aromatic heterocycles. The molecule has 0 saturated carbocycles. The van der Waals surface area contributed by atoms with Crippen LogP contribution >= 0.6 is 0 Å². The van der Waals surface area contributed by atoms with E-state index in [0.717, 1.165) is 52.1 Å². The minimum absolute atomic E-state index is 0.252. The van der Waals surface area contributed by atoms with Crippen molar-refractivity contribution in [1.29, 1.82) is 0 Å². The molecule has 0 bridgehead atoms. The average molecular weight is 348 g/mol. The van der Waals surface area contributed by atoms with Gasteiger partial charge in [0.25, 0.3) is 0 Å². The average Bonchev–Trinajstić information content (AvgIpc) is 3.03. The van der Waals surface area contributed by atoms with E-state index in [1.807, 2.05) is 11.1 Å². The number of carbonyl (C=O) groups excluding carboxylic acids is 1. The molecule has 0 aliphatic carbocycles. The first-order valence-electron chi connectivity index (χ1n) is 9.65. The molecule has 2 aliphatic heterocycles. The normalized spacial score (nSPS) is 25.0. The molecule has 3 heterocycles. The lowest BCUT2D eigenvalue weighted by atomic mass is 9.73. The minimum atomic E-state index is 0.252. The Morgan fingerprint density at radius 2 is 2.16 bits per heavy atom. The first-order chi connectivity index (χ1) is 12.2. The zero-order chi connectivity index (χ0) is 17.7. The van der Waals surface area contributed by atoms with Crippen LogP contribution in [0.2, 0.25) is 0 Å². The van der Waals surface area contributed by atoms with Crippen LogP contribution in [0.15, 0.2) is 12.4 Å². The van der Waals surface area contributed by atoms with Gasteiger partial charge in [-0.25, -0.2) is 4.98 Å². The van der Waals surface area contributed by atoms with Crippen molar-refractivity contribution in [2.75, 3.05) is 39.9 Å². The summed E-state index contributed by atoms with van der Waals surface area (Å²) < 4.78 is 7.46. The second-order valence-corrected chi connectivity index (χ2v) is 7.66. The van der Waals surface area contributed by atoms with Gasteiger partial charge in [0.05, 0.1) is 13.2 Å². The SMILES string of the molecule is CCCn1ccnc1CN1CCC[C@]2(CCC(=O)N(CCOC)C2)C1. The van der Waals surface area contributed by atoms with Crippen molar-refractivity contribution in [2.45, 2.75) is 52.1 Å². The molecule has 0 N–H and O–H groups in total. The predicted octanol–water partition coefficient (Wildman–Crippen LogP) is 2.14. The molecule has 1 amide bonds. The van der Waals surface area contributed by atoms with Gasteiger partial charge < -0.3 is 14.2 Å². The summed E-state index contributed by atoms with van der Waals surface area (Å²) in [6.45, 7) is 8.59. The summed E-state index contributed by atoms with van der Waals surface area (Å²) >= 11 is 0. The number of aromatic nitrogens is 2. The molecule has 3 rings (SSSR count). The van der Waals surface area contributed by atoms with Gasteiger partial charge in [-0.15, -0.1) is 0 Å². The van der Waals surface area contributed by atoms with Crippen LogP contribution in [0.25, 0.3) is 0 Å². The highest BCUT2D eigenvalue weighted by Crippen LogP contribution is 2.39. The molecule has 0 radical (unpaired) electrons. The maximum atomic E-state index is 12.2. The van der Waals surface area contributed by atoms with Crippen molar-refractivity contribution in [3.05, 3.63) is 18.2 Å². The number of nitrogens with zero attached hydrogens (tertiary/aromatic N) is 4. The molecule has 2 aliphatic rings. The van der Waals surface area contributed by atoms with Crippen LogP contribution in [0, 0.1) is 5.41 Å². The Bertz CT molecular complexity index is 574. The van der Waals surface area contributed by atoms with Gasteiger partial charge in [0.2, 0.25) is 5.91 Å². The van der Waals surface area contributed by atoms with Crippen LogP contribution < -0.4 is 0 Å². The fraction of sp³-hybridized carbons (Fsp3) is 0.789. The van der Waals surface area contributed by atoms with Gasteiger partial charge in [0, 0.05) is 57.5 Å². The van der Waals surface area contributed by atoms with Crippen molar-refractivity contribution in [3.8, 4) is 0 Å². The Balaban J connectivity index is 1.63. The number of amides is 1. The number of rotatable bonds is 7. The summed E-state index contributed by atoms with van der Waals surface area (Å²) in [5.74, 6) is 1.46. The van der Waals surface area contributed by atoms with E-state index in [2.05, 4.69) is 27.6 Å². The largest absolute Gasteiger partial charge is 0.383 e. The van der Waals surface area contributed by atoms with Crippen LogP contribution in [0.1, 0.15) is 44.9 Å². The van der Waals surface area contributed by atoms with E-state index in [1.54, 1.807) is 7.11 Å². The molecule has 25 heavy (non-hydrogen) atoms. The molecule has 140 valence electrons. The maximum Gasteiger partial charge on any atom is 0.222 e. The summed E-state index contributed by atoms with van der Waals surface area (Å²) in [4.78, 5) is 21.4. The van der Waals surface area contributed by atoms with Gasteiger partial charge in [-0.3, -0.25) is 9.69 Å². The lowest BCUT2D eigenvalue weighted by molar-refractivity contribution is -0.140. The summed E-state index contributed by atoms with van der Waals surface area (Å²) in [6.07, 6.45) is 9.27. The Kier molecular flexibility index (Phi) is 6.12. The van der Waals surface area contributed by atoms with Crippen LogP contribution in [-0.2, 0) is 22.6 Å². The van der Waals surface area contributed by atoms with Crippen molar-refractivity contribution in [1.82, 2.24) is 19.4 Å². The van der Waals surface area contributed by atoms with E-state index in [1.165, 1.54) is 18.7 Å². The molecule has 1 atom stereocenters. The van der Waals surface area contributed by atoms with Gasteiger partial charge in [0.1, 0.15) is 5.82 Å². The monoisotopic (exact) mass is 348 g/mol. The highest BCUT2D eigenvalue weighted by atomic mass is 16.5. The molecule has 1 aromatic rings. The second kappa shape index (κ2) is 8.32. The molecule has 6 nitrogen and oxygen atoms in total. The van der Waals surface area contributed by atoms with E-state index in [-0.39, 0.29) is 5.41 Å². The Hall–Kier alpha value is -1.40. The number of methoxy groups -OCH3 is 1. The Morgan fingerprint density at radius 3 is 2.96 bits per heavy atom. The van der Waals surface area contributed by atoms with Gasteiger partial charge in [-0.1, -0.05) is 6.92 Å². The summed E-state index contributed by atoms with van der Waals surface area (Å²) in [5, 5.41) is 0. The van der Waals surface area contributed by atoms with E-state index < -0.39 is 0 Å². The van der Waals surface area contributed by atoms with Crippen molar-refractivity contribution >= 4 is 5.91 Å². The zero-order valence-corrected chi connectivity index (χ0v) is 15.7. The van der Waals surface area contributed by atoms with E-state index in [4.69, 9.17) is 4.74 Å². The number of likely N-dealkylation sites (tertiary alicyclic amines) is 2. The van der Waals surface area contributed by atoms with Crippen LogP contribution in [0.3, 0.4) is 0 Å². The van der Waals surface area contributed by atoms with Gasteiger partial charge in [-0.05, 0) is 32.2 Å². The lowest BCUT2D eigenvalue weighted by Crippen LogP contribution is -2.54. The van der Waals surface area contributed by atoms with Crippen molar-refractivity contribution in [2.24, 2.45) is 5.41 Å². The number of hydrogen-bond acceptors (Lipinski definition) is 4. The minimum Gasteiger partial charge on any atom is -0.383 e. The third-order valence-electron chi connectivity index (χ3n) is 5.69. The van der Waals surface area contributed by atoms with E-state index >= 15 is 0 Å². The highest BCUT2D eigenvalue weighted by molar-refractivity contribution is 5.77. The molecule has 0 unspecified atom stereocenters. The number of ether oxygens (including phenoxy) is 1. The van der Waals surface area contributed by atoms with Crippen LogP contribution in [-0.4, -0.2) is 65.2 Å². The molecule has 0 aromatic carbocycles. The first-order valence-corrected chi connectivity index (χ1v) is 9.65. The van der Waals surface area contributed by atoms with Crippen LogP contribution in [0.4, 0.5) is 0 Å². The van der Waals surface area contributed by atoms with E-state index in [0.29, 0.717) is 18.9 Å². The topological polar surface area (TPSA) is 50.6 Å². The third kappa shape index (κ3) is 4.42. The zero-order valence-electron chi connectivity index (χ0n) is 15.7. The summed E-state index contributed by atoms with van der Waals surface area (Å²) in [7, 11) is 1.70. The Labute approximate surface area is 151 Å².